The molecule has 11 heavy (non-hydrogen) atoms. The number of hydrogen-bond acceptors (Lipinski definition) is 1. The van der Waals surface area contributed by atoms with Gasteiger partial charge in [-0.1, -0.05) is 26.3 Å². The molecule has 0 aromatic heterocycles. The van der Waals surface area contributed by atoms with E-state index in [1.165, 1.54) is 11.1 Å². The summed E-state index contributed by atoms with van der Waals surface area (Å²) in [5.74, 6) is 0. The SMILES string of the molecule is C/N=C\C(C)=C(/C)C(C)(C)C. The molecule has 0 amide bonds. The van der Waals surface area contributed by atoms with Crippen LogP contribution in [0.3, 0.4) is 0 Å². The number of nitrogens with zero attached hydrogens (tertiary/aromatic N) is 1. The molecular weight excluding hydrogens is 134 g/mol. The van der Waals surface area contributed by atoms with Crippen LogP contribution in [0.2, 0.25) is 0 Å². The topological polar surface area (TPSA) is 12.4 Å². The number of allylic oxidation sites excluding steroid dienone is 2. The van der Waals surface area contributed by atoms with Crippen LogP contribution < -0.4 is 0 Å². The van der Waals surface area contributed by atoms with Crippen LogP contribution in [0, 0.1) is 5.41 Å². The van der Waals surface area contributed by atoms with E-state index < -0.39 is 0 Å². The molecule has 0 saturated heterocycles. The molecule has 0 saturated carbocycles. The molecule has 0 N–H and O–H groups in total. The van der Waals surface area contributed by atoms with Gasteiger partial charge in [-0.2, -0.15) is 0 Å². The molecule has 0 rings (SSSR count). The summed E-state index contributed by atoms with van der Waals surface area (Å²) >= 11 is 0. The Bertz CT molecular complexity index is 180. The molecule has 0 fully saturated rings. The number of rotatable bonds is 1. The Kier molecular flexibility index (Phi) is 3.50. The van der Waals surface area contributed by atoms with Gasteiger partial charge in [0.15, 0.2) is 0 Å². The van der Waals surface area contributed by atoms with E-state index in [1.54, 1.807) is 7.05 Å². The van der Waals surface area contributed by atoms with E-state index in [4.69, 9.17) is 0 Å². The smallest absolute Gasteiger partial charge is 0.0277 e. The van der Waals surface area contributed by atoms with E-state index in [-0.39, 0.29) is 5.41 Å². The van der Waals surface area contributed by atoms with Crippen molar-refractivity contribution in [3.8, 4) is 0 Å². The molecule has 0 bridgehead atoms. The average Bonchev–Trinajstić information content (AvgIpc) is 1.85. The summed E-state index contributed by atoms with van der Waals surface area (Å²) in [4.78, 5) is 3.99. The van der Waals surface area contributed by atoms with E-state index in [0.29, 0.717) is 0 Å². The van der Waals surface area contributed by atoms with Crippen LogP contribution in [0.15, 0.2) is 16.1 Å². The average molecular weight is 153 g/mol. The zero-order chi connectivity index (χ0) is 9.07. The van der Waals surface area contributed by atoms with Gasteiger partial charge < -0.3 is 0 Å². The minimum atomic E-state index is 0.269. The van der Waals surface area contributed by atoms with Crippen molar-refractivity contribution in [3.63, 3.8) is 0 Å². The van der Waals surface area contributed by atoms with Gasteiger partial charge in [-0.3, -0.25) is 4.99 Å². The summed E-state index contributed by atoms with van der Waals surface area (Å²) < 4.78 is 0. The van der Waals surface area contributed by atoms with Crippen LogP contribution in [0.4, 0.5) is 0 Å². The van der Waals surface area contributed by atoms with E-state index in [2.05, 4.69) is 39.6 Å². The van der Waals surface area contributed by atoms with Crippen molar-refractivity contribution in [1.29, 1.82) is 0 Å². The molecule has 0 aliphatic rings. The summed E-state index contributed by atoms with van der Waals surface area (Å²) in [6, 6.07) is 0. The fourth-order valence-electron chi connectivity index (χ4n) is 0.882. The lowest BCUT2D eigenvalue weighted by Gasteiger charge is -2.21. The van der Waals surface area contributed by atoms with Gasteiger partial charge in [-0.05, 0) is 24.8 Å². The Morgan fingerprint density at radius 2 is 1.64 bits per heavy atom. The predicted octanol–water partition coefficient (Wildman–Crippen LogP) is 3.07. The van der Waals surface area contributed by atoms with Crippen molar-refractivity contribution in [1.82, 2.24) is 0 Å². The van der Waals surface area contributed by atoms with Gasteiger partial charge in [0.2, 0.25) is 0 Å². The minimum absolute atomic E-state index is 0.269. The zero-order valence-electron chi connectivity index (χ0n) is 8.52. The zero-order valence-corrected chi connectivity index (χ0v) is 8.52. The van der Waals surface area contributed by atoms with E-state index >= 15 is 0 Å². The van der Waals surface area contributed by atoms with E-state index in [1.807, 2.05) is 6.21 Å². The third kappa shape index (κ3) is 3.35. The fourth-order valence-corrected chi connectivity index (χ4v) is 0.882. The second-order valence-corrected chi connectivity index (χ2v) is 3.95. The molecule has 1 nitrogen and oxygen atoms in total. The van der Waals surface area contributed by atoms with Crippen molar-refractivity contribution in [3.05, 3.63) is 11.1 Å². The Labute approximate surface area is 70.2 Å². The van der Waals surface area contributed by atoms with Crippen LogP contribution in [0.5, 0.6) is 0 Å². The van der Waals surface area contributed by atoms with Crippen molar-refractivity contribution < 1.29 is 0 Å². The van der Waals surface area contributed by atoms with Crippen LogP contribution >= 0.6 is 0 Å². The fraction of sp³-hybridized carbons (Fsp3) is 0.700. The first-order chi connectivity index (χ1) is 4.89. The highest BCUT2D eigenvalue weighted by Gasteiger charge is 2.13. The second kappa shape index (κ2) is 3.70. The van der Waals surface area contributed by atoms with Gasteiger partial charge in [-0.15, -0.1) is 0 Å². The number of hydrogen-bond donors (Lipinski definition) is 0. The minimum Gasteiger partial charge on any atom is -0.296 e. The maximum absolute atomic E-state index is 3.99. The third-order valence-electron chi connectivity index (χ3n) is 2.04. The lowest BCUT2D eigenvalue weighted by atomic mass is 9.85. The monoisotopic (exact) mass is 153 g/mol. The highest BCUT2D eigenvalue weighted by molar-refractivity contribution is 5.78. The quantitative estimate of drug-likeness (QED) is 0.513. The van der Waals surface area contributed by atoms with Crippen molar-refractivity contribution >= 4 is 6.21 Å². The highest BCUT2D eigenvalue weighted by atomic mass is 14.6. The van der Waals surface area contributed by atoms with Gasteiger partial charge >= 0.3 is 0 Å². The first-order valence-electron chi connectivity index (χ1n) is 3.99. The van der Waals surface area contributed by atoms with Gasteiger partial charge in [0.1, 0.15) is 0 Å². The third-order valence-corrected chi connectivity index (χ3v) is 2.04. The molecule has 0 aliphatic heterocycles. The van der Waals surface area contributed by atoms with Gasteiger partial charge in [0, 0.05) is 13.3 Å². The molecule has 0 aromatic rings. The van der Waals surface area contributed by atoms with Gasteiger partial charge in [-0.25, -0.2) is 0 Å². The molecule has 0 atom stereocenters. The molecule has 0 aromatic carbocycles. The molecule has 0 unspecified atom stereocenters. The first-order valence-corrected chi connectivity index (χ1v) is 3.99. The van der Waals surface area contributed by atoms with Gasteiger partial charge in [0.05, 0.1) is 0 Å². The molecule has 0 heterocycles. The molecule has 0 radical (unpaired) electrons. The van der Waals surface area contributed by atoms with Crippen LogP contribution in [-0.2, 0) is 0 Å². The highest BCUT2D eigenvalue weighted by Crippen LogP contribution is 2.26. The van der Waals surface area contributed by atoms with E-state index in [0.717, 1.165) is 0 Å². The molecule has 0 aliphatic carbocycles. The van der Waals surface area contributed by atoms with Crippen LogP contribution in [0.1, 0.15) is 34.6 Å². The first kappa shape index (κ1) is 10.4. The largest absolute Gasteiger partial charge is 0.296 e. The van der Waals surface area contributed by atoms with E-state index in [9.17, 15) is 0 Å². The van der Waals surface area contributed by atoms with Crippen molar-refractivity contribution in [2.45, 2.75) is 34.6 Å². The van der Waals surface area contributed by atoms with Crippen molar-refractivity contribution in [2.75, 3.05) is 7.05 Å². The molecule has 1 heteroatoms. The molecule has 64 valence electrons. The Morgan fingerprint density at radius 3 is 1.91 bits per heavy atom. The summed E-state index contributed by atoms with van der Waals surface area (Å²) in [7, 11) is 1.80. The predicted molar refractivity (Wildman–Crippen MR) is 52.2 cm³/mol. The van der Waals surface area contributed by atoms with Crippen LogP contribution in [-0.4, -0.2) is 13.3 Å². The summed E-state index contributed by atoms with van der Waals surface area (Å²) in [5.41, 5.74) is 2.95. The second-order valence-electron chi connectivity index (χ2n) is 3.95. The maximum atomic E-state index is 3.99. The number of aliphatic imine (C=N–C) groups is 1. The standard InChI is InChI=1S/C10H19N/c1-8(7-11-6)9(2)10(3,4)5/h7H,1-6H3/b9-8+,11-7-. The lowest BCUT2D eigenvalue weighted by molar-refractivity contribution is 0.501. The maximum Gasteiger partial charge on any atom is 0.0277 e. The van der Waals surface area contributed by atoms with Crippen molar-refractivity contribution in [2.24, 2.45) is 10.4 Å². The Hall–Kier alpha value is -0.590. The van der Waals surface area contributed by atoms with Gasteiger partial charge in [0.25, 0.3) is 0 Å². The summed E-state index contributed by atoms with van der Waals surface area (Å²) in [6.07, 6.45) is 1.92. The molecule has 0 spiro atoms. The van der Waals surface area contributed by atoms with Crippen LogP contribution in [0.25, 0.3) is 0 Å². The Morgan fingerprint density at radius 1 is 1.18 bits per heavy atom. The Balaban J connectivity index is 4.67. The summed E-state index contributed by atoms with van der Waals surface area (Å²) in [5, 5.41) is 0. The molecular formula is C10H19N. The normalized spacial score (nSPS) is 15.5. The lowest BCUT2D eigenvalue weighted by Crippen LogP contribution is -2.08. The summed E-state index contributed by atoms with van der Waals surface area (Å²) in [6.45, 7) is 10.9.